The van der Waals surface area contributed by atoms with Crippen LogP contribution in [0, 0.1) is 0 Å². The molecule has 8 rings (SSSR count). The van der Waals surface area contributed by atoms with E-state index in [9.17, 15) is 0 Å². The van der Waals surface area contributed by atoms with Crippen molar-refractivity contribution in [1.82, 2.24) is 28.7 Å². The standard InChI is InChI=1S/C20H18N4O2.C14H12ClN3O2.C6H6S/c1-25-17-9-8-14(12-18(17)26-2)16-13-19-21-10-11-24(19)20(23-16)22-15-6-4-3-5-7-15;1-19-11-4-3-9(7-12(11)20-2)10-8-13-16-5-6-18(13)14(15)17-10;7-6-4-2-1-3-5-6/h3-13H,1-2H3,(H,22,23);3-8H,1-2H3;1-5,7H. The molecule has 11 nitrogen and oxygen atoms in total. The second kappa shape index (κ2) is 17.3. The van der Waals surface area contributed by atoms with Crippen LogP contribution in [0.3, 0.4) is 0 Å². The number of fused-ring (bicyclic) bond motifs is 2. The van der Waals surface area contributed by atoms with Crippen molar-refractivity contribution in [3.05, 3.63) is 139 Å². The van der Waals surface area contributed by atoms with Crippen molar-refractivity contribution in [2.45, 2.75) is 4.90 Å². The highest BCUT2D eigenvalue weighted by atomic mass is 35.5. The van der Waals surface area contributed by atoms with E-state index in [-0.39, 0.29) is 0 Å². The van der Waals surface area contributed by atoms with Crippen LogP contribution in [0.2, 0.25) is 5.28 Å². The largest absolute Gasteiger partial charge is 0.493 e. The molecule has 268 valence electrons. The van der Waals surface area contributed by atoms with Crippen LogP contribution in [0.4, 0.5) is 11.6 Å². The Hall–Kier alpha value is -6.24. The van der Waals surface area contributed by atoms with Gasteiger partial charge < -0.3 is 24.3 Å². The fourth-order valence-electron chi connectivity index (χ4n) is 5.26. The molecule has 0 amide bonds. The van der Waals surface area contributed by atoms with Crippen molar-refractivity contribution in [1.29, 1.82) is 0 Å². The molecule has 4 aromatic heterocycles. The highest BCUT2D eigenvalue weighted by molar-refractivity contribution is 7.80. The Kier molecular flexibility index (Phi) is 11.9. The van der Waals surface area contributed by atoms with E-state index in [4.69, 9.17) is 35.5 Å². The van der Waals surface area contributed by atoms with Gasteiger partial charge in [-0.2, -0.15) is 0 Å². The van der Waals surface area contributed by atoms with Crippen molar-refractivity contribution in [2.75, 3.05) is 33.8 Å². The maximum atomic E-state index is 6.14. The first-order valence-electron chi connectivity index (χ1n) is 16.2. The van der Waals surface area contributed by atoms with E-state index in [1.54, 1.807) is 51.4 Å². The molecule has 0 atom stereocenters. The predicted molar refractivity (Wildman–Crippen MR) is 211 cm³/mol. The van der Waals surface area contributed by atoms with Gasteiger partial charge in [0.1, 0.15) is 11.3 Å². The molecule has 0 radical (unpaired) electrons. The Bertz CT molecular complexity index is 2420. The van der Waals surface area contributed by atoms with Crippen molar-refractivity contribution >= 4 is 47.2 Å². The lowest BCUT2D eigenvalue weighted by Gasteiger charge is -2.12. The number of thiol groups is 1. The zero-order chi connectivity index (χ0) is 37.2. The van der Waals surface area contributed by atoms with Crippen LogP contribution >= 0.6 is 24.2 Å². The Balaban J connectivity index is 0.000000157. The molecule has 0 aliphatic rings. The third-order valence-electron chi connectivity index (χ3n) is 7.88. The third-order valence-corrected chi connectivity index (χ3v) is 8.45. The van der Waals surface area contributed by atoms with E-state index < -0.39 is 0 Å². The molecule has 4 heterocycles. The first-order chi connectivity index (χ1) is 25.9. The van der Waals surface area contributed by atoms with Gasteiger partial charge in [-0.05, 0) is 72.3 Å². The number of hydrogen-bond acceptors (Lipinski definition) is 10. The van der Waals surface area contributed by atoms with Crippen LogP contribution in [0.15, 0.2) is 139 Å². The van der Waals surface area contributed by atoms with Gasteiger partial charge >= 0.3 is 0 Å². The summed E-state index contributed by atoms with van der Waals surface area (Å²) in [5.74, 6) is 3.35. The number of rotatable bonds is 8. The van der Waals surface area contributed by atoms with Gasteiger partial charge in [-0.1, -0.05) is 36.4 Å². The molecule has 0 spiro atoms. The summed E-state index contributed by atoms with van der Waals surface area (Å²) in [6.07, 6.45) is 7.09. The minimum atomic E-state index is 0.366. The molecule has 0 aliphatic heterocycles. The molecule has 8 aromatic rings. The van der Waals surface area contributed by atoms with Gasteiger partial charge in [0.15, 0.2) is 23.0 Å². The zero-order valence-corrected chi connectivity index (χ0v) is 31.0. The summed E-state index contributed by atoms with van der Waals surface area (Å²) in [6.45, 7) is 0. The number of ether oxygens (including phenoxy) is 4. The minimum absolute atomic E-state index is 0.366. The highest BCUT2D eigenvalue weighted by Gasteiger charge is 2.13. The molecule has 0 saturated carbocycles. The van der Waals surface area contributed by atoms with Gasteiger partial charge in [0.05, 0.1) is 39.8 Å². The second-order valence-electron chi connectivity index (χ2n) is 11.2. The Morgan fingerprint density at radius 2 is 1.06 bits per heavy atom. The van der Waals surface area contributed by atoms with E-state index in [1.165, 1.54) is 0 Å². The maximum Gasteiger partial charge on any atom is 0.213 e. The molecule has 0 aliphatic carbocycles. The fraction of sp³-hybridized carbons (Fsp3) is 0.100. The number of methoxy groups -OCH3 is 4. The number of para-hydroxylation sites is 1. The average molecular weight is 746 g/mol. The first-order valence-corrected chi connectivity index (χ1v) is 17.1. The topological polar surface area (TPSA) is 109 Å². The number of anilines is 2. The lowest BCUT2D eigenvalue weighted by atomic mass is 10.1. The van der Waals surface area contributed by atoms with Gasteiger partial charge in [-0.25, -0.2) is 19.9 Å². The van der Waals surface area contributed by atoms with Crippen molar-refractivity contribution < 1.29 is 18.9 Å². The molecule has 4 aromatic carbocycles. The van der Waals surface area contributed by atoms with Crippen molar-refractivity contribution in [2.24, 2.45) is 0 Å². The molecule has 0 bridgehead atoms. The smallest absolute Gasteiger partial charge is 0.213 e. The maximum absolute atomic E-state index is 6.14. The molecular weight excluding hydrogens is 710 g/mol. The predicted octanol–water partition coefficient (Wildman–Crippen LogP) is 9.20. The molecular formula is C40H36ClN7O4S. The van der Waals surface area contributed by atoms with Crippen LogP contribution in [-0.4, -0.2) is 57.2 Å². The van der Waals surface area contributed by atoms with Crippen molar-refractivity contribution in [3.63, 3.8) is 0 Å². The lowest BCUT2D eigenvalue weighted by molar-refractivity contribution is 0.355. The van der Waals surface area contributed by atoms with Gasteiger partial charge in [0.2, 0.25) is 11.2 Å². The SMILES string of the molecule is COc1ccc(-c2cc3nccn3c(Cl)n2)cc1OC.COc1ccc(-c2cc3nccn3c(Nc3ccccc3)n2)cc1OC.Sc1ccccc1. The van der Waals surface area contributed by atoms with E-state index in [2.05, 4.69) is 32.9 Å². The zero-order valence-electron chi connectivity index (χ0n) is 29.3. The summed E-state index contributed by atoms with van der Waals surface area (Å²) in [5, 5.41) is 3.72. The molecule has 0 unspecified atom stereocenters. The Morgan fingerprint density at radius 3 is 1.57 bits per heavy atom. The number of imidazole rings is 2. The third kappa shape index (κ3) is 8.80. The minimum Gasteiger partial charge on any atom is -0.493 e. The summed E-state index contributed by atoms with van der Waals surface area (Å²) >= 11 is 10.2. The number of nitrogens with one attached hydrogen (secondary N) is 1. The van der Waals surface area contributed by atoms with Gasteiger partial charge in [-0.15, -0.1) is 12.6 Å². The van der Waals surface area contributed by atoms with Crippen LogP contribution in [0.1, 0.15) is 0 Å². The Morgan fingerprint density at radius 1 is 0.566 bits per heavy atom. The summed E-state index contributed by atoms with van der Waals surface area (Å²) in [5.41, 5.74) is 5.84. The van der Waals surface area contributed by atoms with Gasteiger partial charge in [0, 0.05) is 58.6 Å². The van der Waals surface area contributed by atoms with Gasteiger partial charge in [-0.3, -0.25) is 8.80 Å². The van der Waals surface area contributed by atoms with Crippen LogP contribution in [-0.2, 0) is 0 Å². The monoisotopic (exact) mass is 745 g/mol. The molecule has 0 fully saturated rings. The fourth-order valence-corrected chi connectivity index (χ4v) is 5.67. The molecule has 1 N–H and O–H groups in total. The van der Waals surface area contributed by atoms with Crippen LogP contribution in [0.25, 0.3) is 33.8 Å². The number of aromatic nitrogens is 6. The van der Waals surface area contributed by atoms with Gasteiger partial charge in [0.25, 0.3) is 0 Å². The number of nitrogens with zero attached hydrogens (tertiary/aromatic N) is 6. The molecule has 0 saturated heterocycles. The van der Waals surface area contributed by atoms with Crippen LogP contribution in [0.5, 0.6) is 23.0 Å². The lowest BCUT2D eigenvalue weighted by Crippen LogP contribution is -2.02. The summed E-state index contributed by atoms with van der Waals surface area (Å²) in [4.78, 5) is 18.8. The van der Waals surface area contributed by atoms with E-state index in [1.807, 2.05) is 120 Å². The number of hydrogen-bond donors (Lipinski definition) is 2. The normalized spacial score (nSPS) is 10.5. The second-order valence-corrected chi connectivity index (χ2v) is 12.0. The highest BCUT2D eigenvalue weighted by Crippen LogP contribution is 2.34. The molecule has 53 heavy (non-hydrogen) atoms. The van der Waals surface area contributed by atoms with E-state index in [0.29, 0.717) is 34.2 Å². The molecule has 13 heteroatoms. The first kappa shape index (κ1) is 36.5. The van der Waals surface area contributed by atoms with E-state index in [0.717, 1.165) is 44.4 Å². The average Bonchev–Trinajstić information content (AvgIpc) is 3.89. The quantitative estimate of drug-likeness (QED) is 0.116. The van der Waals surface area contributed by atoms with E-state index >= 15 is 0 Å². The number of benzene rings is 4. The summed E-state index contributed by atoms with van der Waals surface area (Å²) in [6, 6.07) is 34.8. The Labute approximate surface area is 317 Å². The summed E-state index contributed by atoms with van der Waals surface area (Å²) in [7, 11) is 6.44. The summed E-state index contributed by atoms with van der Waals surface area (Å²) < 4.78 is 24.9. The van der Waals surface area contributed by atoms with Crippen molar-refractivity contribution in [3.8, 4) is 45.5 Å². The van der Waals surface area contributed by atoms with Crippen LogP contribution < -0.4 is 24.3 Å². The number of halogens is 1.